The molecule has 1 heterocycles. The first-order valence-electron chi connectivity index (χ1n) is 7.44. The summed E-state index contributed by atoms with van der Waals surface area (Å²) in [4.78, 5) is 26.1. The van der Waals surface area contributed by atoms with Gasteiger partial charge in [0.25, 0.3) is 0 Å². The monoisotopic (exact) mass is 325 g/mol. The normalized spacial score (nSPS) is 17.8. The van der Waals surface area contributed by atoms with E-state index in [4.69, 9.17) is 0 Å². The Morgan fingerprint density at radius 1 is 1.32 bits per heavy atom. The van der Waals surface area contributed by atoms with Gasteiger partial charge in [-0.1, -0.05) is 17.7 Å². The second-order valence-corrected chi connectivity index (χ2v) is 5.44. The molecule has 22 heavy (non-hydrogen) atoms. The van der Waals surface area contributed by atoms with E-state index in [-0.39, 0.29) is 24.2 Å². The SMILES string of the molecule is CNCCC(=O)NC1CCCN(c2ccc(C)cc2)C1=O.Cl. The van der Waals surface area contributed by atoms with Gasteiger partial charge < -0.3 is 15.5 Å². The Hall–Kier alpha value is -1.59. The molecule has 0 aliphatic carbocycles. The average molecular weight is 326 g/mol. The smallest absolute Gasteiger partial charge is 0.249 e. The molecule has 1 aliphatic heterocycles. The molecule has 6 heteroatoms. The van der Waals surface area contributed by atoms with Crippen LogP contribution in [-0.4, -0.2) is 38.0 Å². The summed E-state index contributed by atoms with van der Waals surface area (Å²) in [5.74, 6) is -0.0867. The summed E-state index contributed by atoms with van der Waals surface area (Å²) in [7, 11) is 1.80. The van der Waals surface area contributed by atoms with Gasteiger partial charge in [-0.25, -0.2) is 0 Å². The summed E-state index contributed by atoms with van der Waals surface area (Å²) in [6.45, 7) is 3.35. The molecule has 1 aromatic rings. The van der Waals surface area contributed by atoms with Gasteiger partial charge in [-0.2, -0.15) is 0 Å². The number of carbonyl (C=O) groups is 2. The lowest BCUT2D eigenvalue weighted by molar-refractivity contribution is -0.128. The van der Waals surface area contributed by atoms with Gasteiger partial charge in [-0.3, -0.25) is 9.59 Å². The zero-order valence-corrected chi connectivity index (χ0v) is 13.9. The van der Waals surface area contributed by atoms with Crippen LogP contribution in [0.15, 0.2) is 24.3 Å². The summed E-state index contributed by atoms with van der Waals surface area (Å²) in [5, 5.41) is 5.78. The third-order valence-electron chi connectivity index (χ3n) is 3.72. The van der Waals surface area contributed by atoms with Crippen LogP contribution in [0.1, 0.15) is 24.8 Å². The van der Waals surface area contributed by atoms with Crippen molar-refractivity contribution < 1.29 is 9.59 Å². The minimum Gasteiger partial charge on any atom is -0.344 e. The number of hydrogen-bond acceptors (Lipinski definition) is 3. The predicted molar refractivity (Wildman–Crippen MR) is 90.5 cm³/mol. The lowest BCUT2D eigenvalue weighted by Crippen LogP contribution is -2.52. The molecule has 122 valence electrons. The number of rotatable bonds is 5. The maximum Gasteiger partial charge on any atom is 0.249 e. The van der Waals surface area contributed by atoms with E-state index in [1.807, 2.05) is 31.2 Å². The molecule has 0 spiro atoms. The van der Waals surface area contributed by atoms with Crippen molar-refractivity contribution in [1.29, 1.82) is 0 Å². The van der Waals surface area contributed by atoms with Gasteiger partial charge in [-0.05, 0) is 38.9 Å². The highest BCUT2D eigenvalue weighted by molar-refractivity contribution is 5.99. The lowest BCUT2D eigenvalue weighted by Gasteiger charge is -2.32. The average Bonchev–Trinajstić information content (AvgIpc) is 2.48. The number of nitrogens with one attached hydrogen (secondary N) is 2. The number of piperidine rings is 1. The van der Waals surface area contributed by atoms with Crippen molar-refractivity contribution in [1.82, 2.24) is 10.6 Å². The molecule has 0 aromatic heterocycles. The van der Waals surface area contributed by atoms with Crippen LogP contribution in [0.25, 0.3) is 0 Å². The van der Waals surface area contributed by atoms with Crippen LogP contribution in [0.3, 0.4) is 0 Å². The van der Waals surface area contributed by atoms with Crippen LogP contribution in [0.2, 0.25) is 0 Å². The minimum atomic E-state index is -0.399. The Bertz CT molecular complexity index is 505. The Kier molecular flexibility index (Phi) is 7.35. The predicted octanol–water partition coefficient (Wildman–Crippen LogP) is 1.64. The van der Waals surface area contributed by atoms with E-state index < -0.39 is 6.04 Å². The standard InChI is InChI=1S/C16H23N3O2.ClH/c1-12-5-7-13(8-6-12)19-11-3-4-14(16(19)21)18-15(20)9-10-17-2;/h5-8,14,17H,3-4,9-11H2,1-2H3,(H,18,20);1H. The van der Waals surface area contributed by atoms with Crippen LogP contribution in [0.4, 0.5) is 5.69 Å². The van der Waals surface area contributed by atoms with Crippen molar-refractivity contribution in [2.24, 2.45) is 0 Å². The van der Waals surface area contributed by atoms with E-state index in [0.29, 0.717) is 25.9 Å². The zero-order valence-electron chi connectivity index (χ0n) is 13.1. The first-order valence-corrected chi connectivity index (χ1v) is 7.44. The fraction of sp³-hybridized carbons (Fsp3) is 0.500. The Labute approximate surface area is 137 Å². The van der Waals surface area contributed by atoms with E-state index in [1.165, 1.54) is 5.56 Å². The van der Waals surface area contributed by atoms with Gasteiger partial charge in [0.2, 0.25) is 11.8 Å². The highest BCUT2D eigenvalue weighted by Gasteiger charge is 2.30. The second kappa shape index (κ2) is 8.76. The number of aryl methyl sites for hydroxylation is 1. The van der Waals surface area contributed by atoms with Crippen LogP contribution in [0, 0.1) is 6.92 Å². The van der Waals surface area contributed by atoms with Crippen LogP contribution >= 0.6 is 12.4 Å². The Balaban J connectivity index is 0.00000242. The third kappa shape index (κ3) is 4.71. The van der Waals surface area contributed by atoms with Gasteiger partial charge >= 0.3 is 0 Å². The summed E-state index contributed by atoms with van der Waals surface area (Å²) in [5.41, 5.74) is 2.07. The third-order valence-corrected chi connectivity index (χ3v) is 3.72. The largest absolute Gasteiger partial charge is 0.344 e. The molecular weight excluding hydrogens is 302 g/mol. The minimum absolute atomic E-state index is 0. The van der Waals surface area contributed by atoms with Crippen molar-refractivity contribution in [3.8, 4) is 0 Å². The Morgan fingerprint density at radius 3 is 2.64 bits per heavy atom. The van der Waals surface area contributed by atoms with E-state index >= 15 is 0 Å². The van der Waals surface area contributed by atoms with Crippen molar-refractivity contribution >= 4 is 29.9 Å². The second-order valence-electron chi connectivity index (χ2n) is 5.44. The van der Waals surface area contributed by atoms with Crippen molar-refractivity contribution in [3.05, 3.63) is 29.8 Å². The summed E-state index contributed by atoms with van der Waals surface area (Å²) in [6.07, 6.45) is 2.01. The number of hydrogen-bond donors (Lipinski definition) is 2. The van der Waals surface area contributed by atoms with Crippen molar-refractivity contribution in [3.63, 3.8) is 0 Å². The molecule has 1 unspecified atom stereocenters. The van der Waals surface area contributed by atoms with Gasteiger partial charge in [0, 0.05) is 25.2 Å². The molecule has 0 saturated carbocycles. The maximum atomic E-state index is 12.5. The molecule has 0 bridgehead atoms. The first kappa shape index (κ1) is 18.5. The quantitative estimate of drug-likeness (QED) is 0.865. The summed E-state index contributed by atoms with van der Waals surface area (Å²) in [6, 6.07) is 7.51. The maximum absolute atomic E-state index is 12.5. The molecule has 1 atom stereocenters. The molecule has 1 aromatic carbocycles. The number of benzene rings is 1. The molecule has 2 rings (SSSR count). The molecule has 2 N–H and O–H groups in total. The van der Waals surface area contributed by atoms with Gasteiger partial charge in [0.1, 0.15) is 6.04 Å². The van der Waals surface area contributed by atoms with E-state index in [9.17, 15) is 9.59 Å². The summed E-state index contributed by atoms with van der Waals surface area (Å²) >= 11 is 0. The lowest BCUT2D eigenvalue weighted by atomic mass is 10.0. The molecule has 0 radical (unpaired) electrons. The van der Waals surface area contributed by atoms with E-state index in [2.05, 4.69) is 10.6 Å². The fourth-order valence-electron chi connectivity index (χ4n) is 2.50. The number of carbonyl (C=O) groups excluding carboxylic acids is 2. The van der Waals surface area contributed by atoms with E-state index in [0.717, 1.165) is 12.1 Å². The molecular formula is C16H24ClN3O2. The van der Waals surface area contributed by atoms with E-state index in [1.54, 1.807) is 11.9 Å². The highest BCUT2D eigenvalue weighted by atomic mass is 35.5. The number of halogens is 1. The molecule has 1 fully saturated rings. The molecule has 2 amide bonds. The van der Waals surface area contributed by atoms with Gasteiger partial charge in [0.05, 0.1) is 0 Å². The first-order chi connectivity index (χ1) is 10.1. The topological polar surface area (TPSA) is 61.4 Å². The molecule has 1 aliphatic rings. The number of anilines is 1. The zero-order chi connectivity index (χ0) is 15.2. The van der Waals surface area contributed by atoms with Crippen molar-refractivity contribution in [2.75, 3.05) is 25.0 Å². The molecule has 1 saturated heterocycles. The Morgan fingerprint density at radius 2 is 2.00 bits per heavy atom. The number of nitrogens with zero attached hydrogens (tertiary/aromatic N) is 1. The highest BCUT2D eigenvalue weighted by Crippen LogP contribution is 2.21. The molecule has 5 nitrogen and oxygen atoms in total. The van der Waals surface area contributed by atoms with Crippen LogP contribution < -0.4 is 15.5 Å². The van der Waals surface area contributed by atoms with Crippen molar-refractivity contribution in [2.45, 2.75) is 32.2 Å². The van der Waals surface area contributed by atoms with Gasteiger partial charge in [0.15, 0.2) is 0 Å². The summed E-state index contributed by atoms with van der Waals surface area (Å²) < 4.78 is 0. The van der Waals surface area contributed by atoms with Crippen LogP contribution in [-0.2, 0) is 9.59 Å². The fourth-order valence-corrected chi connectivity index (χ4v) is 2.50. The number of amides is 2. The van der Waals surface area contributed by atoms with Gasteiger partial charge in [-0.15, -0.1) is 12.4 Å². The van der Waals surface area contributed by atoms with Crippen LogP contribution in [0.5, 0.6) is 0 Å².